The third-order valence-corrected chi connectivity index (χ3v) is 3.78. The van der Waals surface area contributed by atoms with Gasteiger partial charge in [0.15, 0.2) is 0 Å². The number of hydrogen-bond donors (Lipinski definition) is 2. The van der Waals surface area contributed by atoms with Crippen LogP contribution in [0.3, 0.4) is 0 Å². The average Bonchev–Trinajstić information content (AvgIpc) is 2.46. The molecule has 0 aliphatic heterocycles. The quantitative estimate of drug-likeness (QED) is 0.728. The Hall–Kier alpha value is -2.62. The molecule has 0 unspecified atom stereocenters. The van der Waals surface area contributed by atoms with E-state index in [1.54, 1.807) is 24.4 Å². The highest BCUT2D eigenvalue weighted by Gasteiger charge is 2.16. The van der Waals surface area contributed by atoms with E-state index < -0.39 is 5.82 Å². The number of phenols is 2. The van der Waals surface area contributed by atoms with Crippen LogP contribution >= 0.6 is 0 Å². The molecular weight excluding hydrogens is 281 g/mol. The lowest BCUT2D eigenvalue weighted by Gasteiger charge is -2.14. The second kappa shape index (κ2) is 5.30. The molecule has 0 saturated heterocycles. The first kappa shape index (κ1) is 14.3. The molecule has 0 amide bonds. The van der Waals surface area contributed by atoms with Gasteiger partial charge in [-0.15, -0.1) is 0 Å². The third kappa shape index (κ3) is 2.26. The van der Waals surface area contributed by atoms with Gasteiger partial charge in [-0.05, 0) is 29.7 Å². The van der Waals surface area contributed by atoms with Crippen LogP contribution in [0.25, 0.3) is 21.9 Å². The van der Waals surface area contributed by atoms with Gasteiger partial charge < -0.3 is 10.2 Å². The normalized spacial score (nSPS) is 11.3. The molecule has 0 bridgehead atoms. The number of phenolic OH excluding ortho intramolecular Hbond substituents is 2. The van der Waals surface area contributed by atoms with Crippen LogP contribution in [0.2, 0.25) is 0 Å². The summed E-state index contributed by atoms with van der Waals surface area (Å²) in [6, 6.07) is 7.98. The predicted octanol–water partition coefficient (Wildman–Crippen LogP) is 4.58. The van der Waals surface area contributed by atoms with Crippen molar-refractivity contribution in [1.29, 1.82) is 0 Å². The lowest BCUT2D eigenvalue weighted by atomic mass is 9.95. The van der Waals surface area contributed by atoms with Gasteiger partial charge in [-0.2, -0.15) is 0 Å². The molecule has 0 atom stereocenters. The number of pyridine rings is 1. The minimum absolute atomic E-state index is 0.0263. The van der Waals surface area contributed by atoms with Crippen molar-refractivity contribution in [3.8, 4) is 22.6 Å². The Morgan fingerprint density at radius 3 is 2.36 bits per heavy atom. The van der Waals surface area contributed by atoms with E-state index in [0.29, 0.717) is 27.5 Å². The molecule has 0 aliphatic rings. The zero-order chi connectivity index (χ0) is 15.9. The maximum Gasteiger partial charge on any atom is 0.138 e. The molecule has 2 N–H and O–H groups in total. The minimum Gasteiger partial charge on any atom is -0.507 e. The van der Waals surface area contributed by atoms with E-state index in [9.17, 15) is 14.6 Å². The van der Waals surface area contributed by atoms with E-state index in [1.165, 1.54) is 18.3 Å². The largest absolute Gasteiger partial charge is 0.507 e. The second-order valence-corrected chi connectivity index (χ2v) is 5.61. The summed E-state index contributed by atoms with van der Waals surface area (Å²) in [4.78, 5) is 3.97. The van der Waals surface area contributed by atoms with Gasteiger partial charge in [0, 0.05) is 34.3 Å². The van der Waals surface area contributed by atoms with Gasteiger partial charge in [0.25, 0.3) is 0 Å². The number of halogens is 1. The number of aromatic nitrogens is 1. The molecule has 4 heteroatoms. The van der Waals surface area contributed by atoms with Crippen LogP contribution < -0.4 is 0 Å². The number of benzene rings is 2. The van der Waals surface area contributed by atoms with Gasteiger partial charge in [-0.1, -0.05) is 26.0 Å². The molecule has 22 heavy (non-hydrogen) atoms. The highest BCUT2D eigenvalue weighted by atomic mass is 19.1. The number of hydrogen-bond acceptors (Lipinski definition) is 3. The van der Waals surface area contributed by atoms with Crippen molar-refractivity contribution in [2.45, 2.75) is 19.8 Å². The molecule has 3 rings (SSSR count). The van der Waals surface area contributed by atoms with Crippen molar-refractivity contribution in [2.24, 2.45) is 0 Å². The SMILES string of the molecule is CC(C)c1c(O)cc(-c2ccc3cnccc3c2F)cc1O. The highest BCUT2D eigenvalue weighted by Crippen LogP contribution is 2.39. The van der Waals surface area contributed by atoms with Gasteiger partial charge in [-0.3, -0.25) is 4.98 Å². The van der Waals surface area contributed by atoms with Crippen molar-refractivity contribution in [3.05, 3.63) is 54.1 Å². The molecule has 1 aromatic heterocycles. The van der Waals surface area contributed by atoms with Crippen LogP contribution in [-0.2, 0) is 0 Å². The zero-order valence-corrected chi connectivity index (χ0v) is 12.3. The van der Waals surface area contributed by atoms with Gasteiger partial charge in [0.05, 0.1) is 0 Å². The first-order chi connectivity index (χ1) is 10.5. The summed E-state index contributed by atoms with van der Waals surface area (Å²) in [6.07, 6.45) is 3.13. The van der Waals surface area contributed by atoms with Crippen molar-refractivity contribution in [3.63, 3.8) is 0 Å². The maximum atomic E-state index is 14.7. The highest BCUT2D eigenvalue weighted by molar-refractivity contribution is 5.88. The molecule has 3 aromatic rings. The zero-order valence-electron chi connectivity index (χ0n) is 12.3. The fourth-order valence-electron chi connectivity index (χ4n) is 2.72. The van der Waals surface area contributed by atoms with Gasteiger partial charge in [0.2, 0.25) is 0 Å². The summed E-state index contributed by atoms with van der Waals surface area (Å²) < 4.78 is 14.7. The van der Waals surface area contributed by atoms with Crippen LogP contribution in [0.4, 0.5) is 4.39 Å². The number of nitrogens with zero attached hydrogens (tertiary/aromatic N) is 1. The Balaban J connectivity index is 2.22. The topological polar surface area (TPSA) is 53.4 Å². The molecule has 0 aliphatic carbocycles. The van der Waals surface area contributed by atoms with Crippen molar-refractivity contribution in [2.75, 3.05) is 0 Å². The second-order valence-electron chi connectivity index (χ2n) is 5.61. The summed E-state index contributed by atoms with van der Waals surface area (Å²) in [5.74, 6) is -0.476. The van der Waals surface area contributed by atoms with Gasteiger partial charge >= 0.3 is 0 Å². The Labute approximate surface area is 127 Å². The lowest BCUT2D eigenvalue weighted by molar-refractivity contribution is 0.434. The average molecular weight is 297 g/mol. The predicted molar refractivity (Wildman–Crippen MR) is 84.6 cm³/mol. The Morgan fingerprint density at radius 1 is 1.05 bits per heavy atom. The van der Waals surface area contributed by atoms with E-state index in [2.05, 4.69) is 4.98 Å². The van der Waals surface area contributed by atoms with Crippen molar-refractivity contribution < 1.29 is 14.6 Å². The smallest absolute Gasteiger partial charge is 0.138 e. The molecule has 0 radical (unpaired) electrons. The number of aromatic hydroxyl groups is 2. The van der Waals surface area contributed by atoms with Crippen LogP contribution in [0.15, 0.2) is 42.7 Å². The molecule has 112 valence electrons. The molecule has 3 nitrogen and oxygen atoms in total. The molecule has 2 aromatic carbocycles. The maximum absolute atomic E-state index is 14.7. The standard InChI is InChI=1S/C18H16FNO2/c1-10(2)17-15(21)7-12(8-16(17)22)13-4-3-11-9-20-6-5-14(11)18(13)19/h3-10,21-22H,1-2H3. The summed E-state index contributed by atoms with van der Waals surface area (Å²) in [6.45, 7) is 3.75. The van der Waals surface area contributed by atoms with Crippen LogP contribution in [-0.4, -0.2) is 15.2 Å². The number of rotatable bonds is 2. The molecule has 0 fully saturated rings. The van der Waals surface area contributed by atoms with Gasteiger partial charge in [0.1, 0.15) is 17.3 Å². The van der Waals surface area contributed by atoms with Crippen molar-refractivity contribution >= 4 is 10.8 Å². The summed E-state index contributed by atoms with van der Waals surface area (Å²) in [5, 5.41) is 21.4. The lowest BCUT2D eigenvalue weighted by Crippen LogP contribution is -1.92. The molecule has 0 saturated carbocycles. The van der Waals surface area contributed by atoms with E-state index in [4.69, 9.17) is 0 Å². The third-order valence-electron chi connectivity index (χ3n) is 3.78. The van der Waals surface area contributed by atoms with Crippen LogP contribution in [0.1, 0.15) is 25.3 Å². The summed E-state index contributed by atoms with van der Waals surface area (Å²) >= 11 is 0. The molecule has 1 heterocycles. The fourth-order valence-corrected chi connectivity index (χ4v) is 2.72. The first-order valence-corrected chi connectivity index (χ1v) is 7.07. The van der Waals surface area contributed by atoms with E-state index >= 15 is 0 Å². The molecule has 0 spiro atoms. The number of fused-ring (bicyclic) bond motifs is 1. The monoisotopic (exact) mass is 297 g/mol. The van der Waals surface area contributed by atoms with Gasteiger partial charge in [-0.25, -0.2) is 4.39 Å². The van der Waals surface area contributed by atoms with Crippen LogP contribution in [0, 0.1) is 5.82 Å². The minimum atomic E-state index is -0.393. The van der Waals surface area contributed by atoms with Crippen LogP contribution in [0.5, 0.6) is 11.5 Å². The summed E-state index contributed by atoms with van der Waals surface area (Å²) in [5.41, 5.74) is 1.24. The Morgan fingerprint density at radius 2 is 1.73 bits per heavy atom. The Bertz CT molecular complexity index is 836. The van der Waals surface area contributed by atoms with E-state index in [1.807, 2.05) is 13.8 Å². The van der Waals surface area contributed by atoms with E-state index in [-0.39, 0.29) is 17.4 Å². The summed E-state index contributed by atoms with van der Waals surface area (Å²) in [7, 11) is 0. The first-order valence-electron chi connectivity index (χ1n) is 7.07. The van der Waals surface area contributed by atoms with E-state index in [0.717, 1.165) is 0 Å². The fraction of sp³-hybridized carbons (Fsp3) is 0.167. The molecular formula is C18H16FNO2. The van der Waals surface area contributed by atoms with Crippen molar-refractivity contribution in [1.82, 2.24) is 4.98 Å². The Kier molecular flexibility index (Phi) is 3.45.